The van der Waals surface area contributed by atoms with Crippen molar-refractivity contribution in [2.24, 2.45) is 0 Å². The van der Waals surface area contributed by atoms with E-state index in [1.54, 1.807) is 0 Å². The highest BCUT2D eigenvalue weighted by molar-refractivity contribution is 6.31. The summed E-state index contributed by atoms with van der Waals surface area (Å²) in [5, 5.41) is 15.4. The van der Waals surface area contributed by atoms with Crippen molar-refractivity contribution in [1.29, 1.82) is 0 Å². The third-order valence-corrected chi connectivity index (χ3v) is 3.58. The molecule has 0 bridgehead atoms. The van der Waals surface area contributed by atoms with Gasteiger partial charge in [0.1, 0.15) is 17.2 Å². The van der Waals surface area contributed by atoms with Crippen molar-refractivity contribution in [3.05, 3.63) is 53.1 Å². The van der Waals surface area contributed by atoms with Crippen LogP contribution in [0, 0.1) is 11.6 Å². The van der Waals surface area contributed by atoms with Gasteiger partial charge in [0, 0.05) is 16.8 Å². The van der Waals surface area contributed by atoms with Crippen LogP contribution in [0.4, 0.5) is 26.0 Å². The number of amides is 1. The first-order chi connectivity index (χ1) is 11.0. The molecule has 0 atom stereocenters. The monoisotopic (exact) mass is 337 g/mol. The minimum atomic E-state index is -0.663. The Bertz CT molecular complexity index is 911. The lowest BCUT2D eigenvalue weighted by Gasteiger charge is -2.09. The van der Waals surface area contributed by atoms with Crippen LogP contribution in [0.2, 0.25) is 5.02 Å². The van der Waals surface area contributed by atoms with E-state index in [4.69, 9.17) is 11.6 Å². The van der Waals surface area contributed by atoms with E-state index in [0.717, 1.165) is 6.07 Å². The second kappa shape index (κ2) is 5.77. The van der Waals surface area contributed by atoms with Gasteiger partial charge in [-0.2, -0.15) is 4.73 Å². The Hall–Kier alpha value is -2.80. The highest BCUT2D eigenvalue weighted by atomic mass is 35.5. The fourth-order valence-electron chi connectivity index (χ4n) is 2.26. The highest BCUT2D eigenvalue weighted by Crippen LogP contribution is 2.33. The Kier molecular flexibility index (Phi) is 3.79. The average Bonchev–Trinajstić information content (AvgIpc) is 2.85. The Morgan fingerprint density at radius 3 is 2.57 bits per heavy atom. The fraction of sp³-hybridized carbons (Fsp3) is 0. The smallest absolute Gasteiger partial charge is 0.212 e. The van der Waals surface area contributed by atoms with Gasteiger partial charge in [0.15, 0.2) is 5.82 Å². The van der Waals surface area contributed by atoms with Gasteiger partial charge in [-0.25, -0.2) is 8.78 Å². The minimum absolute atomic E-state index is 0.0142. The lowest BCUT2D eigenvalue weighted by molar-refractivity contribution is -0.105. The Balaban J connectivity index is 2.10. The number of halogens is 3. The zero-order chi connectivity index (χ0) is 16.6. The van der Waals surface area contributed by atoms with Crippen LogP contribution < -0.4 is 10.6 Å². The van der Waals surface area contributed by atoms with Crippen molar-refractivity contribution in [1.82, 2.24) is 4.73 Å². The fourth-order valence-corrected chi connectivity index (χ4v) is 2.44. The minimum Gasteiger partial charge on any atom is -0.426 e. The highest BCUT2D eigenvalue weighted by Gasteiger charge is 2.15. The normalized spacial score (nSPS) is 10.7. The molecule has 23 heavy (non-hydrogen) atoms. The molecule has 1 amide bonds. The molecule has 1 heterocycles. The van der Waals surface area contributed by atoms with E-state index in [1.165, 1.54) is 30.3 Å². The second-order valence-electron chi connectivity index (χ2n) is 4.71. The molecule has 118 valence electrons. The summed E-state index contributed by atoms with van der Waals surface area (Å²) in [5.41, 5.74) is 0.832. The summed E-state index contributed by atoms with van der Waals surface area (Å²) in [6.07, 6.45) is 0.367. The summed E-state index contributed by atoms with van der Waals surface area (Å²) < 4.78 is 27.7. The molecule has 5 nitrogen and oxygen atoms in total. The lowest BCUT2D eigenvalue weighted by atomic mass is 10.2. The van der Waals surface area contributed by atoms with Crippen molar-refractivity contribution in [3.63, 3.8) is 0 Å². The molecule has 0 spiro atoms. The first-order valence-corrected chi connectivity index (χ1v) is 6.84. The topological polar surface area (TPSA) is 66.3 Å². The van der Waals surface area contributed by atoms with E-state index in [0.29, 0.717) is 27.9 Å². The van der Waals surface area contributed by atoms with Gasteiger partial charge < -0.3 is 15.8 Å². The van der Waals surface area contributed by atoms with E-state index >= 15 is 0 Å². The van der Waals surface area contributed by atoms with Crippen LogP contribution in [0.25, 0.3) is 10.9 Å². The average molecular weight is 338 g/mol. The first-order valence-electron chi connectivity index (χ1n) is 6.46. The van der Waals surface area contributed by atoms with Gasteiger partial charge in [-0.05, 0) is 36.4 Å². The molecule has 3 aromatic rings. The van der Waals surface area contributed by atoms with Gasteiger partial charge >= 0.3 is 0 Å². The van der Waals surface area contributed by atoms with Crippen LogP contribution in [0.3, 0.4) is 0 Å². The molecule has 0 saturated heterocycles. The molecule has 2 aromatic carbocycles. The van der Waals surface area contributed by atoms with Gasteiger partial charge in [0.25, 0.3) is 0 Å². The van der Waals surface area contributed by atoms with Crippen molar-refractivity contribution >= 4 is 46.1 Å². The quantitative estimate of drug-likeness (QED) is 0.495. The molecule has 0 fully saturated rings. The maximum atomic E-state index is 13.9. The molecule has 0 saturated carbocycles. The van der Waals surface area contributed by atoms with Gasteiger partial charge in [-0.15, -0.1) is 0 Å². The Morgan fingerprint density at radius 1 is 1.13 bits per heavy atom. The molecular weight excluding hydrogens is 328 g/mol. The maximum absolute atomic E-state index is 13.9. The predicted molar refractivity (Wildman–Crippen MR) is 83.5 cm³/mol. The van der Waals surface area contributed by atoms with E-state index in [9.17, 15) is 18.8 Å². The molecule has 1 aromatic heterocycles. The van der Waals surface area contributed by atoms with Crippen molar-refractivity contribution in [2.45, 2.75) is 0 Å². The largest absolute Gasteiger partial charge is 0.426 e. The number of anilines is 3. The summed E-state index contributed by atoms with van der Waals surface area (Å²) in [6, 6.07) is 8.07. The number of nitrogens with one attached hydrogen (secondary N) is 2. The predicted octanol–water partition coefficient (Wildman–Crippen LogP) is 4.12. The molecule has 0 radical (unpaired) electrons. The van der Waals surface area contributed by atoms with Crippen LogP contribution >= 0.6 is 11.6 Å². The lowest BCUT2D eigenvalue weighted by Crippen LogP contribution is -2.01. The van der Waals surface area contributed by atoms with Crippen LogP contribution in [0.5, 0.6) is 0 Å². The second-order valence-corrected chi connectivity index (χ2v) is 5.12. The number of hydrogen-bond acceptors (Lipinski definition) is 3. The van der Waals surface area contributed by atoms with Gasteiger partial charge in [0.05, 0.1) is 5.02 Å². The number of carbonyl (C=O) groups excluding carboxylic acids is 1. The molecule has 0 aliphatic carbocycles. The molecule has 0 unspecified atom stereocenters. The summed E-state index contributed by atoms with van der Waals surface area (Å²) in [6.45, 7) is 0. The van der Waals surface area contributed by atoms with E-state index in [2.05, 4.69) is 10.6 Å². The molecule has 3 rings (SSSR count). The molecular formula is C15H10ClF2N3O2. The number of hydrogen-bond donors (Lipinski definition) is 3. The molecule has 0 aliphatic rings. The number of fused-ring (bicyclic) bond motifs is 1. The van der Waals surface area contributed by atoms with Crippen LogP contribution in [-0.4, -0.2) is 16.3 Å². The third-order valence-electron chi connectivity index (χ3n) is 3.29. The van der Waals surface area contributed by atoms with Gasteiger partial charge in [-0.1, -0.05) is 11.6 Å². The van der Waals surface area contributed by atoms with E-state index in [-0.39, 0.29) is 16.4 Å². The molecule has 3 N–H and O–H groups in total. The van der Waals surface area contributed by atoms with Crippen molar-refractivity contribution in [2.75, 3.05) is 10.6 Å². The number of nitrogens with zero attached hydrogens (tertiary/aromatic N) is 1. The van der Waals surface area contributed by atoms with Crippen LogP contribution in [0.15, 0.2) is 36.4 Å². The van der Waals surface area contributed by atoms with E-state index in [1.807, 2.05) is 0 Å². The molecule has 0 aliphatic heterocycles. The van der Waals surface area contributed by atoms with Crippen molar-refractivity contribution < 1.29 is 18.8 Å². The number of aromatic nitrogens is 1. The number of rotatable bonds is 4. The standard InChI is InChI=1S/C15H10ClF2N3O2/c16-10-5-8(1-2-11(10)17)20-13-4-3-12(18)15-9(13)6-14(19-7-22)21(15)23/h1-7,20,23H,(H,19,22). The first kappa shape index (κ1) is 15.1. The maximum Gasteiger partial charge on any atom is 0.212 e. The van der Waals surface area contributed by atoms with Crippen LogP contribution in [-0.2, 0) is 4.79 Å². The van der Waals surface area contributed by atoms with Gasteiger partial charge in [0.2, 0.25) is 6.41 Å². The zero-order valence-electron chi connectivity index (χ0n) is 11.5. The summed E-state index contributed by atoms with van der Waals surface area (Å²) in [4.78, 5) is 10.5. The summed E-state index contributed by atoms with van der Waals surface area (Å²) >= 11 is 5.73. The van der Waals surface area contributed by atoms with Crippen LogP contribution in [0.1, 0.15) is 0 Å². The Morgan fingerprint density at radius 2 is 1.87 bits per heavy atom. The Labute approximate surface area is 134 Å². The van der Waals surface area contributed by atoms with Crippen molar-refractivity contribution in [3.8, 4) is 0 Å². The molecule has 8 heteroatoms. The van der Waals surface area contributed by atoms with Gasteiger partial charge in [-0.3, -0.25) is 4.79 Å². The summed E-state index contributed by atoms with van der Waals surface area (Å²) in [7, 11) is 0. The van der Waals surface area contributed by atoms with E-state index < -0.39 is 11.6 Å². The number of carbonyl (C=O) groups is 1. The zero-order valence-corrected chi connectivity index (χ0v) is 12.2. The number of benzene rings is 2. The third kappa shape index (κ3) is 2.66. The SMILES string of the molecule is O=CNc1cc2c(Nc3ccc(F)c(Cl)c3)ccc(F)c2n1O. The summed E-state index contributed by atoms with van der Waals surface area (Å²) in [5.74, 6) is -1.20.